The van der Waals surface area contributed by atoms with Crippen molar-refractivity contribution in [3.8, 4) is 33.8 Å². The Hall–Kier alpha value is -3.87. The van der Waals surface area contributed by atoms with Crippen LogP contribution in [0.2, 0.25) is 0 Å². The number of aromatic amines is 1. The van der Waals surface area contributed by atoms with Crippen LogP contribution < -0.4 is 0 Å². The van der Waals surface area contributed by atoms with Crippen LogP contribution in [0.4, 0.5) is 0 Å². The van der Waals surface area contributed by atoms with Crippen LogP contribution in [0.5, 0.6) is 0 Å². The number of pyridine rings is 3. The van der Waals surface area contributed by atoms with Gasteiger partial charge in [0.05, 0.1) is 28.7 Å². The summed E-state index contributed by atoms with van der Waals surface area (Å²) in [5, 5.41) is 12.8. The van der Waals surface area contributed by atoms with E-state index in [0.29, 0.717) is 5.65 Å². The molecule has 5 aromatic heterocycles. The molecule has 0 radical (unpaired) electrons. The minimum Gasteiger partial charge on any atom is -0.275 e. The number of hydrogen-bond acceptors (Lipinski definition) is 5. The Balaban J connectivity index is 1.82. The fourth-order valence-corrected chi connectivity index (χ4v) is 3.17. The summed E-state index contributed by atoms with van der Waals surface area (Å²) in [7, 11) is 1.89. The molecule has 7 heteroatoms. The number of aryl methyl sites for hydroxylation is 1. The molecule has 0 atom stereocenters. The maximum Gasteiger partial charge on any atom is 0.182 e. The van der Waals surface area contributed by atoms with Crippen molar-refractivity contribution in [2.24, 2.45) is 7.05 Å². The first-order valence-electron chi connectivity index (χ1n) is 8.49. The Morgan fingerprint density at radius 1 is 0.963 bits per heavy atom. The predicted molar refractivity (Wildman–Crippen MR) is 103 cm³/mol. The highest BCUT2D eigenvalue weighted by Gasteiger charge is 2.18. The van der Waals surface area contributed by atoms with Gasteiger partial charge in [-0.05, 0) is 30.3 Å². The van der Waals surface area contributed by atoms with E-state index in [0.717, 1.165) is 39.2 Å². The van der Waals surface area contributed by atoms with Crippen molar-refractivity contribution in [1.82, 2.24) is 34.9 Å². The summed E-state index contributed by atoms with van der Waals surface area (Å²) in [5.41, 5.74) is 6.03. The second-order valence-corrected chi connectivity index (χ2v) is 6.21. The van der Waals surface area contributed by atoms with Gasteiger partial charge in [0.1, 0.15) is 0 Å². The van der Waals surface area contributed by atoms with Crippen LogP contribution in [0.1, 0.15) is 0 Å². The number of nitrogens with one attached hydrogen (secondary N) is 1. The number of fused-ring (bicyclic) bond motifs is 1. The predicted octanol–water partition coefficient (Wildman–Crippen LogP) is 3.48. The topological polar surface area (TPSA) is 85.2 Å². The van der Waals surface area contributed by atoms with Gasteiger partial charge in [-0.1, -0.05) is 6.07 Å². The quantitative estimate of drug-likeness (QED) is 0.537. The van der Waals surface area contributed by atoms with Crippen molar-refractivity contribution in [2.75, 3.05) is 0 Å². The van der Waals surface area contributed by atoms with E-state index < -0.39 is 0 Å². The zero-order valence-corrected chi connectivity index (χ0v) is 14.5. The molecule has 0 aliphatic heterocycles. The van der Waals surface area contributed by atoms with Gasteiger partial charge in [-0.15, -0.1) is 0 Å². The molecule has 5 aromatic rings. The Bertz CT molecular complexity index is 1220. The summed E-state index contributed by atoms with van der Waals surface area (Å²) in [4.78, 5) is 13.5. The highest BCUT2D eigenvalue weighted by molar-refractivity contribution is 6.02. The summed E-state index contributed by atoms with van der Waals surface area (Å²) in [6.07, 6.45) is 9.08. The molecule has 0 spiro atoms. The van der Waals surface area contributed by atoms with Gasteiger partial charge in [0.25, 0.3) is 0 Å². The smallest absolute Gasteiger partial charge is 0.182 e. The van der Waals surface area contributed by atoms with E-state index >= 15 is 0 Å². The Labute approximate surface area is 154 Å². The first-order valence-corrected chi connectivity index (χ1v) is 8.49. The van der Waals surface area contributed by atoms with Crippen LogP contribution in [0.15, 0.2) is 67.4 Å². The van der Waals surface area contributed by atoms with Crippen LogP contribution in [0, 0.1) is 0 Å². The molecule has 0 unspecified atom stereocenters. The minimum absolute atomic E-state index is 0.635. The number of hydrogen-bond donors (Lipinski definition) is 1. The molecule has 0 aliphatic carbocycles. The standard InChI is InChI=1S/C20H15N7/c1-27-12-14(11-23-27)17-9-15(16-6-2-3-8-22-16)18-19(25-26-20(18)24-17)13-5-4-7-21-10-13/h2-12H,1H3,(H,24,25,26). The van der Waals surface area contributed by atoms with Gasteiger partial charge >= 0.3 is 0 Å². The van der Waals surface area contributed by atoms with Crippen LogP contribution in [-0.2, 0) is 7.05 Å². The van der Waals surface area contributed by atoms with Crippen molar-refractivity contribution in [3.05, 3.63) is 67.4 Å². The lowest BCUT2D eigenvalue weighted by atomic mass is 10.0. The largest absolute Gasteiger partial charge is 0.275 e. The Kier molecular flexibility index (Phi) is 3.50. The van der Waals surface area contributed by atoms with E-state index in [9.17, 15) is 0 Å². The monoisotopic (exact) mass is 353 g/mol. The molecular formula is C20H15N7. The third kappa shape index (κ3) is 2.65. The maximum absolute atomic E-state index is 4.75. The van der Waals surface area contributed by atoms with Gasteiger partial charge in [0.2, 0.25) is 0 Å². The van der Waals surface area contributed by atoms with Gasteiger partial charge in [-0.25, -0.2) is 4.98 Å². The van der Waals surface area contributed by atoms with Crippen LogP contribution in [0.3, 0.4) is 0 Å². The average molecular weight is 353 g/mol. The first kappa shape index (κ1) is 15.4. The van der Waals surface area contributed by atoms with E-state index in [4.69, 9.17) is 4.98 Å². The second kappa shape index (κ2) is 6.14. The van der Waals surface area contributed by atoms with Gasteiger partial charge in [0, 0.05) is 48.5 Å². The molecule has 7 nitrogen and oxygen atoms in total. The van der Waals surface area contributed by atoms with E-state index in [1.807, 2.05) is 55.8 Å². The zero-order valence-electron chi connectivity index (χ0n) is 14.5. The number of rotatable bonds is 3. The fourth-order valence-electron chi connectivity index (χ4n) is 3.17. The van der Waals surface area contributed by atoms with Crippen LogP contribution in [-0.4, -0.2) is 34.9 Å². The lowest BCUT2D eigenvalue weighted by Gasteiger charge is -2.07. The zero-order chi connectivity index (χ0) is 18.2. The van der Waals surface area contributed by atoms with E-state index in [1.54, 1.807) is 23.3 Å². The average Bonchev–Trinajstić information content (AvgIpc) is 3.35. The third-order valence-electron chi connectivity index (χ3n) is 4.42. The van der Waals surface area contributed by atoms with Crippen LogP contribution >= 0.6 is 0 Å². The molecule has 0 fully saturated rings. The molecule has 0 saturated heterocycles. The fraction of sp³-hybridized carbons (Fsp3) is 0.0500. The van der Waals surface area contributed by atoms with Crippen molar-refractivity contribution in [1.29, 1.82) is 0 Å². The first-order chi connectivity index (χ1) is 13.3. The summed E-state index contributed by atoms with van der Waals surface area (Å²) in [6.45, 7) is 0. The van der Waals surface area contributed by atoms with Crippen molar-refractivity contribution >= 4 is 11.0 Å². The summed E-state index contributed by atoms with van der Waals surface area (Å²) >= 11 is 0. The molecule has 0 bridgehead atoms. The molecule has 0 aliphatic rings. The van der Waals surface area contributed by atoms with Gasteiger partial charge in [-0.2, -0.15) is 10.2 Å². The van der Waals surface area contributed by atoms with E-state index in [1.165, 1.54) is 0 Å². The van der Waals surface area contributed by atoms with E-state index in [2.05, 4.69) is 25.3 Å². The Morgan fingerprint density at radius 3 is 2.67 bits per heavy atom. The minimum atomic E-state index is 0.635. The summed E-state index contributed by atoms with van der Waals surface area (Å²) in [6, 6.07) is 11.8. The molecule has 130 valence electrons. The van der Waals surface area contributed by atoms with Crippen molar-refractivity contribution < 1.29 is 0 Å². The molecular weight excluding hydrogens is 338 g/mol. The lowest BCUT2D eigenvalue weighted by molar-refractivity contribution is 0.768. The summed E-state index contributed by atoms with van der Waals surface area (Å²) < 4.78 is 1.76. The lowest BCUT2D eigenvalue weighted by Crippen LogP contribution is -1.91. The molecule has 5 heterocycles. The van der Waals surface area contributed by atoms with Gasteiger partial charge < -0.3 is 0 Å². The maximum atomic E-state index is 4.75. The molecule has 0 saturated carbocycles. The molecule has 5 rings (SSSR count). The molecule has 0 aromatic carbocycles. The van der Waals surface area contributed by atoms with E-state index in [-0.39, 0.29) is 0 Å². The van der Waals surface area contributed by atoms with Crippen molar-refractivity contribution in [2.45, 2.75) is 0 Å². The molecule has 0 amide bonds. The van der Waals surface area contributed by atoms with Gasteiger partial charge in [0.15, 0.2) is 5.65 Å². The SMILES string of the molecule is Cn1cc(-c2cc(-c3ccccn3)c3c(-c4cccnc4)[nH]nc3n2)cn1. The third-order valence-corrected chi connectivity index (χ3v) is 4.42. The summed E-state index contributed by atoms with van der Waals surface area (Å²) in [5.74, 6) is 0. The number of aromatic nitrogens is 7. The molecule has 1 N–H and O–H groups in total. The second-order valence-electron chi connectivity index (χ2n) is 6.21. The molecule has 27 heavy (non-hydrogen) atoms. The number of H-pyrrole nitrogens is 1. The van der Waals surface area contributed by atoms with Crippen LogP contribution in [0.25, 0.3) is 44.8 Å². The highest BCUT2D eigenvalue weighted by Crippen LogP contribution is 2.35. The Morgan fingerprint density at radius 2 is 1.93 bits per heavy atom. The normalized spacial score (nSPS) is 11.1. The van der Waals surface area contributed by atoms with Gasteiger partial charge in [-0.3, -0.25) is 19.7 Å². The van der Waals surface area contributed by atoms with Crippen molar-refractivity contribution in [3.63, 3.8) is 0 Å². The highest BCUT2D eigenvalue weighted by atomic mass is 15.2. The number of nitrogens with zero attached hydrogens (tertiary/aromatic N) is 6.